The first-order valence-corrected chi connectivity index (χ1v) is 11.5. The first-order valence-electron chi connectivity index (χ1n) is 11.5. The van der Waals surface area contributed by atoms with Crippen LogP contribution in [0.2, 0.25) is 0 Å². The molecule has 158 valence electrons. The Labute approximate surface area is 178 Å². The molecule has 1 aromatic heterocycles. The average Bonchev–Trinajstić information content (AvgIpc) is 3.27. The molecule has 30 heavy (non-hydrogen) atoms. The summed E-state index contributed by atoms with van der Waals surface area (Å²) in [6.45, 7) is 7.42. The number of fused-ring (bicyclic) bond motifs is 5. The summed E-state index contributed by atoms with van der Waals surface area (Å²) in [5, 5.41) is 23.6. The van der Waals surface area contributed by atoms with Crippen LogP contribution in [0.4, 0.5) is 0 Å². The van der Waals surface area contributed by atoms with Crippen LogP contribution in [-0.2, 0) is 13.0 Å². The molecule has 5 rings (SSSR count). The van der Waals surface area contributed by atoms with Gasteiger partial charge >= 0.3 is 0 Å². The number of aromatic nitrogens is 2. The highest BCUT2D eigenvalue weighted by Gasteiger charge is 2.53. The van der Waals surface area contributed by atoms with Crippen LogP contribution in [-0.4, -0.2) is 26.8 Å². The van der Waals surface area contributed by atoms with Gasteiger partial charge in [-0.05, 0) is 93.4 Å². The number of phenolic OH excluding ortho intramolecular Hbond substituents is 1. The predicted octanol–water partition coefficient (Wildman–Crippen LogP) is 5.25. The topological polar surface area (TPSA) is 62.8 Å². The van der Waals surface area contributed by atoms with Gasteiger partial charge in [-0.2, -0.15) is 15.3 Å². The van der Waals surface area contributed by atoms with Gasteiger partial charge < -0.3 is 5.11 Å². The molecule has 4 atom stereocenters. The smallest absolute Gasteiger partial charge is 0.115 e. The third-order valence-corrected chi connectivity index (χ3v) is 8.13. The third kappa shape index (κ3) is 3.10. The molecule has 0 spiro atoms. The summed E-state index contributed by atoms with van der Waals surface area (Å²) in [6.07, 6.45) is 10.9. The van der Waals surface area contributed by atoms with E-state index in [-0.39, 0.29) is 5.41 Å². The molecule has 0 aliphatic heterocycles. The lowest BCUT2D eigenvalue weighted by Crippen LogP contribution is -2.42. The van der Waals surface area contributed by atoms with E-state index < -0.39 is 0 Å². The van der Waals surface area contributed by atoms with Crippen molar-refractivity contribution in [3.8, 4) is 5.75 Å². The van der Waals surface area contributed by atoms with E-state index in [4.69, 9.17) is 5.10 Å². The largest absolute Gasteiger partial charge is 0.508 e. The van der Waals surface area contributed by atoms with E-state index in [0.29, 0.717) is 17.6 Å². The van der Waals surface area contributed by atoms with E-state index in [1.807, 2.05) is 36.1 Å². The number of rotatable bonds is 3. The summed E-state index contributed by atoms with van der Waals surface area (Å²) < 4.78 is 1.94. The van der Waals surface area contributed by atoms with Crippen molar-refractivity contribution >= 4 is 11.9 Å². The van der Waals surface area contributed by atoms with Gasteiger partial charge in [0.25, 0.3) is 0 Å². The van der Waals surface area contributed by atoms with Gasteiger partial charge in [0.2, 0.25) is 0 Å². The van der Waals surface area contributed by atoms with Crippen LogP contribution >= 0.6 is 0 Å². The fourth-order valence-corrected chi connectivity index (χ4v) is 6.50. The first-order chi connectivity index (χ1) is 14.5. The minimum atomic E-state index is 0.176. The SMILES string of the molecule is CCn1cc(/C=N/N=C2\CCC3C4CCc5cc(O)ccc5C4CC[C@@]23C)c(C)n1. The maximum absolute atomic E-state index is 9.87. The van der Waals surface area contributed by atoms with Crippen LogP contribution in [0.1, 0.15) is 74.3 Å². The molecular formula is C25H32N4O. The van der Waals surface area contributed by atoms with Crippen molar-refractivity contribution in [1.82, 2.24) is 9.78 Å². The fourth-order valence-electron chi connectivity index (χ4n) is 6.50. The van der Waals surface area contributed by atoms with Crippen molar-refractivity contribution in [1.29, 1.82) is 0 Å². The molecule has 5 nitrogen and oxygen atoms in total. The molecule has 2 saturated carbocycles. The second-order valence-electron chi connectivity index (χ2n) is 9.61. The van der Waals surface area contributed by atoms with Gasteiger partial charge in [-0.25, -0.2) is 0 Å². The number of aryl methyl sites for hydroxylation is 3. The number of hydrogen-bond donors (Lipinski definition) is 1. The van der Waals surface area contributed by atoms with Gasteiger partial charge in [0.05, 0.1) is 11.9 Å². The van der Waals surface area contributed by atoms with Gasteiger partial charge in [0.1, 0.15) is 5.75 Å². The van der Waals surface area contributed by atoms with Crippen LogP contribution in [0.15, 0.2) is 34.6 Å². The Balaban J connectivity index is 1.37. The second-order valence-corrected chi connectivity index (χ2v) is 9.61. The van der Waals surface area contributed by atoms with Crippen molar-refractivity contribution in [2.75, 3.05) is 0 Å². The number of nitrogens with zero attached hydrogens (tertiary/aromatic N) is 4. The zero-order valence-corrected chi connectivity index (χ0v) is 18.3. The van der Waals surface area contributed by atoms with E-state index in [2.05, 4.69) is 30.1 Å². The van der Waals surface area contributed by atoms with Gasteiger partial charge in [-0.3, -0.25) is 4.68 Å². The van der Waals surface area contributed by atoms with E-state index >= 15 is 0 Å². The molecule has 2 aromatic rings. The van der Waals surface area contributed by atoms with Crippen molar-refractivity contribution < 1.29 is 5.11 Å². The van der Waals surface area contributed by atoms with Crippen molar-refractivity contribution in [3.05, 3.63) is 46.8 Å². The number of phenols is 1. The number of aromatic hydroxyl groups is 1. The van der Waals surface area contributed by atoms with Gasteiger partial charge in [0.15, 0.2) is 0 Å². The molecule has 0 amide bonds. The molecule has 0 saturated heterocycles. The monoisotopic (exact) mass is 404 g/mol. The minimum absolute atomic E-state index is 0.176. The zero-order valence-electron chi connectivity index (χ0n) is 18.3. The summed E-state index contributed by atoms with van der Waals surface area (Å²) in [6, 6.07) is 6.03. The highest BCUT2D eigenvalue weighted by molar-refractivity contribution is 5.93. The number of benzene rings is 1. The lowest BCUT2D eigenvalue weighted by molar-refractivity contribution is 0.0955. The normalized spacial score (nSPS) is 31.7. The molecule has 5 heteroatoms. The molecule has 3 aliphatic carbocycles. The molecular weight excluding hydrogens is 372 g/mol. The predicted molar refractivity (Wildman–Crippen MR) is 120 cm³/mol. The van der Waals surface area contributed by atoms with E-state index in [1.165, 1.54) is 42.5 Å². The maximum Gasteiger partial charge on any atom is 0.115 e. The quantitative estimate of drug-likeness (QED) is 0.561. The van der Waals surface area contributed by atoms with Gasteiger partial charge in [-0.15, -0.1) is 0 Å². The summed E-state index contributed by atoms with van der Waals surface area (Å²) in [7, 11) is 0. The average molecular weight is 405 g/mol. The van der Waals surface area contributed by atoms with Crippen LogP contribution in [0, 0.1) is 24.2 Å². The molecule has 3 unspecified atom stereocenters. The Morgan fingerprint density at radius 1 is 1.27 bits per heavy atom. The molecule has 1 heterocycles. The zero-order chi connectivity index (χ0) is 20.9. The van der Waals surface area contributed by atoms with E-state index in [1.54, 1.807) is 0 Å². The molecule has 0 bridgehead atoms. The van der Waals surface area contributed by atoms with Crippen molar-refractivity contribution in [2.24, 2.45) is 27.5 Å². The van der Waals surface area contributed by atoms with Gasteiger partial charge in [0, 0.05) is 29.4 Å². The number of hydrogen-bond acceptors (Lipinski definition) is 4. The maximum atomic E-state index is 9.87. The highest BCUT2D eigenvalue weighted by atomic mass is 16.3. The summed E-state index contributed by atoms with van der Waals surface area (Å²) in [4.78, 5) is 0. The highest BCUT2D eigenvalue weighted by Crippen LogP contribution is 2.60. The first kappa shape index (κ1) is 19.5. The summed E-state index contributed by atoms with van der Waals surface area (Å²) in [5.41, 5.74) is 6.37. The molecule has 1 aromatic carbocycles. The lowest BCUT2D eigenvalue weighted by atomic mass is 9.55. The Bertz CT molecular complexity index is 1020. The molecule has 2 fully saturated rings. The Kier molecular flexibility index (Phi) is 4.79. The molecule has 1 N–H and O–H groups in total. The van der Waals surface area contributed by atoms with Crippen molar-refractivity contribution in [3.63, 3.8) is 0 Å². The third-order valence-electron chi connectivity index (χ3n) is 8.13. The van der Waals surface area contributed by atoms with E-state index in [0.717, 1.165) is 36.6 Å². The van der Waals surface area contributed by atoms with Crippen LogP contribution in [0.5, 0.6) is 5.75 Å². The van der Waals surface area contributed by atoms with Crippen molar-refractivity contribution in [2.45, 2.75) is 71.8 Å². The minimum Gasteiger partial charge on any atom is -0.508 e. The van der Waals surface area contributed by atoms with E-state index in [9.17, 15) is 5.11 Å². The summed E-state index contributed by atoms with van der Waals surface area (Å²) in [5.74, 6) is 2.46. The fraction of sp³-hybridized carbons (Fsp3) is 0.560. The molecule has 3 aliphatic rings. The van der Waals surface area contributed by atoms with Gasteiger partial charge in [-0.1, -0.05) is 13.0 Å². The lowest BCUT2D eigenvalue weighted by Gasteiger charge is -2.49. The molecule has 0 radical (unpaired) electrons. The Morgan fingerprint density at radius 2 is 2.13 bits per heavy atom. The summed E-state index contributed by atoms with van der Waals surface area (Å²) >= 11 is 0. The standard InChI is InChI=1S/C25H32N4O/c1-4-29-15-18(16(2)28-29)14-26-27-24-10-9-23-22-7-5-17-13-19(30)6-8-20(17)21(22)11-12-25(23,24)3/h6,8,13-15,21-23,30H,4-5,7,9-12H2,1-3H3/b26-14+,27-24+/t21?,22?,23?,25-/m1/s1. The van der Waals surface area contributed by atoms with Crippen LogP contribution in [0.25, 0.3) is 0 Å². The van der Waals surface area contributed by atoms with Crippen LogP contribution < -0.4 is 0 Å². The Hall–Kier alpha value is -2.43. The Morgan fingerprint density at radius 3 is 2.93 bits per heavy atom. The second kappa shape index (κ2) is 7.36. The van der Waals surface area contributed by atoms with Crippen LogP contribution in [0.3, 0.4) is 0 Å².